The zero-order valence-corrected chi connectivity index (χ0v) is 11.8. The molecular formula is C16H18N2O2. The van der Waals surface area contributed by atoms with Crippen LogP contribution < -0.4 is 0 Å². The molecule has 0 N–H and O–H groups in total. The van der Waals surface area contributed by atoms with Crippen molar-refractivity contribution < 1.29 is 9.53 Å². The summed E-state index contributed by atoms with van der Waals surface area (Å²) in [6.07, 6.45) is 3.33. The third-order valence-electron chi connectivity index (χ3n) is 3.17. The average molecular weight is 270 g/mol. The monoisotopic (exact) mass is 270 g/mol. The van der Waals surface area contributed by atoms with E-state index in [0.29, 0.717) is 12.1 Å². The van der Waals surface area contributed by atoms with Crippen LogP contribution in [0.25, 0.3) is 0 Å². The normalized spacial score (nSPS) is 10.3. The second kappa shape index (κ2) is 6.19. The van der Waals surface area contributed by atoms with Crippen molar-refractivity contribution in [3.05, 3.63) is 65.8 Å². The van der Waals surface area contributed by atoms with Gasteiger partial charge in [-0.1, -0.05) is 18.7 Å². The van der Waals surface area contributed by atoms with Gasteiger partial charge >= 0.3 is 5.97 Å². The van der Waals surface area contributed by atoms with Crippen LogP contribution in [-0.4, -0.2) is 22.1 Å². The van der Waals surface area contributed by atoms with Crippen molar-refractivity contribution >= 4 is 5.97 Å². The molecule has 2 rings (SSSR count). The molecule has 0 spiro atoms. The molecule has 0 bridgehead atoms. The van der Waals surface area contributed by atoms with Gasteiger partial charge in [0.05, 0.1) is 17.8 Å². The molecular weight excluding hydrogens is 252 g/mol. The van der Waals surface area contributed by atoms with Crippen molar-refractivity contribution in [3.63, 3.8) is 0 Å². The second-order valence-corrected chi connectivity index (χ2v) is 4.58. The Morgan fingerprint density at radius 2 is 2.25 bits per heavy atom. The van der Waals surface area contributed by atoms with Crippen LogP contribution in [0.4, 0.5) is 0 Å². The largest absolute Gasteiger partial charge is 0.458 e. The number of esters is 1. The highest BCUT2D eigenvalue weighted by Gasteiger charge is 2.16. The lowest BCUT2D eigenvalue weighted by atomic mass is 10.2. The van der Waals surface area contributed by atoms with E-state index in [1.165, 1.54) is 0 Å². The smallest absolute Gasteiger partial charge is 0.340 e. The van der Waals surface area contributed by atoms with E-state index in [1.807, 2.05) is 38.1 Å². The minimum absolute atomic E-state index is 0.225. The fraction of sp³-hybridized carbons (Fsp3) is 0.250. The first kappa shape index (κ1) is 14.1. The first-order chi connectivity index (χ1) is 9.63. The Bertz CT molecular complexity index is 615. The van der Waals surface area contributed by atoms with Gasteiger partial charge in [0, 0.05) is 17.6 Å². The first-order valence-corrected chi connectivity index (χ1v) is 6.48. The Hall–Kier alpha value is -2.36. The highest BCUT2D eigenvalue weighted by Crippen LogP contribution is 2.17. The van der Waals surface area contributed by atoms with E-state index in [4.69, 9.17) is 4.74 Å². The van der Waals surface area contributed by atoms with Crippen molar-refractivity contribution in [1.82, 2.24) is 9.55 Å². The van der Waals surface area contributed by atoms with Gasteiger partial charge in [0.25, 0.3) is 0 Å². The van der Waals surface area contributed by atoms with Gasteiger partial charge in [-0.05, 0) is 32.0 Å². The molecule has 0 atom stereocenters. The molecule has 0 fully saturated rings. The number of nitrogens with zero attached hydrogens (tertiary/aromatic N) is 2. The molecule has 0 amide bonds. The summed E-state index contributed by atoms with van der Waals surface area (Å²) in [7, 11) is 0. The summed E-state index contributed by atoms with van der Waals surface area (Å²) in [5, 5.41) is 0. The molecule has 0 aliphatic carbocycles. The van der Waals surface area contributed by atoms with Gasteiger partial charge in [-0.3, -0.25) is 4.98 Å². The molecule has 4 heteroatoms. The number of hydrogen-bond acceptors (Lipinski definition) is 3. The summed E-state index contributed by atoms with van der Waals surface area (Å²) in [5.41, 5.74) is 3.46. The molecule has 0 aromatic carbocycles. The molecule has 4 nitrogen and oxygen atoms in total. The molecule has 0 saturated heterocycles. The number of aryl methyl sites for hydroxylation is 1. The van der Waals surface area contributed by atoms with E-state index in [2.05, 4.69) is 16.1 Å². The zero-order valence-electron chi connectivity index (χ0n) is 11.8. The van der Waals surface area contributed by atoms with Crippen molar-refractivity contribution in [2.45, 2.75) is 20.4 Å². The van der Waals surface area contributed by atoms with Crippen LogP contribution in [0, 0.1) is 13.8 Å². The third-order valence-corrected chi connectivity index (χ3v) is 3.17. The molecule has 20 heavy (non-hydrogen) atoms. The highest BCUT2D eigenvalue weighted by atomic mass is 16.5. The molecule has 2 aromatic rings. The van der Waals surface area contributed by atoms with Crippen molar-refractivity contribution in [2.24, 2.45) is 0 Å². The summed E-state index contributed by atoms with van der Waals surface area (Å²) >= 11 is 0. The zero-order chi connectivity index (χ0) is 14.5. The maximum Gasteiger partial charge on any atom is 0.340 e. The number of carbonyl (C=O) groups excluding carboxylic acids is 1. The minimum atomic E-state index is -0.315. The van der Waals surface area contributed by atoms with Gasteiger partial charge in [-0.15, -0.1) is 0 Å². The number of hydrogen-bond donors (Lipinski definition) is 0. The lowest BCUT2D eigenvalue weighted by Gasteiger charge is -2.09. The summed E-state index contributed by atoms with van der Waals surface area (Å²) in [4.78, 5) is 16.3. The number of aromatic nitrogens is 2. The Kier molecular flexibility index (Phi) is 4.35. The van der Waals surface area contributed by atoms with Crippen LogP contribution in [0.2, 0.25) is 0 Å². The van der Waals surface area contributed by atoms with Crippen molar-refractivity contribution in [1.29, 1.82) is 0 Å². The number of carbonyl (C=O) groups is 1. The molecule has 0 radical (unpaired) electrons. The van der Waals surface area contributed by atoms with E-state index >= 15 is 0 Å². The summed E-state index contributed by atoms with van der Waals surface area (Å²) in [6, 6.07) is 7.66. The summed E-state index contributed by atoms with van der Waals surface area (Å²) < 4.78 is 7.15. The van der Waals surface area contributed by atoms with Gasteiger partial charge < -0.3 is 9.30 Å². The average Bonchev–Trinajstić information content (AvgIpc) is 2.74. The predicted octanol–water partition coefficient (Wildman–Crippen LogP) is 2.89. The van der Waals surface area contributed by atoms with E-state index in [9.17, 15) is 4.79 Å². The predicted molar refractivity (Wildman–Crippen MR) is 77.7 cm³/mol. The fourth-order valence-electron chi connectivity index (χ4n) is 2.12. The maximum atomic E-state index is 11.9. The van der Waals surface area contributed by atoms with Crippen LogP contribution >= 0.6 is 0 Å². The molecule has 0 aliphatic heterocycles. The third kappa shape index (κ3) is 2.96. The number of ether oxygens (including phenoxy) is 1. The van der Waals surface area contributed by atoms with Crippen LogP contribution in [0.5, 0.6) is 0 Å². The van der Waals surface area contributed by atoms with E-state index in [0.717, 1.165) is 17.1 Å². The Morgan fingerprint density at radius 1 is 1.45 bits per heavy atom. The minimum Gasteiger partial charge on any atom is -0.458 e. The van der Waals surface area contributed by atoms with Gasteiger partial charge in [-0.2, -0.15) is 0 Å². The van der Waals surface area contributed by atoms with Crippen molar-refractivity contribution in [2.75, 3.05) is 6.61 Å². The van der Waals surface area contributed by atoms with Gasteiger partial charge in [-0.25, -0.2) is 4.79 Å². The Morgan fingerprint density at radius 3 is 2.90 bits per heavy atom. The van der Waals surface area contributed by atoms with E-state index in [-0.39, 0.29) is 12.6 Å². The standard InChI is InChI=1S/C16H18N2O2/c1-4-9-20-16(19)15-10-12(2)18(13(15)3)11-14-7-5-6-8-17-14/h4-8,10H,1,9,11H2,2-3H3. The topological polar surface area (TPSA) is 44.1 Å². The lowest BCUT2D eigenvalue weighted by molar-refractivity contribution is 0.0549. The van der Waals surface area contributed by atoms with Crippen LogP contribution in [0.15, 0.2) is 43.1 Å². The highest BCUT2D eigenvalue weighted by molar-refractivity contribution is 5.91. The Balaban J connectivity index is 2.25. The summed E-state index contributed by atoms with van der Waals surface area (Å²) in [5.74, 6) is -0.315. The SMILES string of the molecule is C=CCOC(=O)c1cc(C)n(Cc2ccccn2)c1C. The first-order valence-electron chi connectivity index (χ1n) is 6.48. The molecule has 0 saturated carbocycles. The van der Waals surface area contributed by atoms with Crippen LogP contribution in [0.1, 0.15) is 27.4 Å². The van der Waals surface area contributed by atoms with Gasteiger partial charge in [0.15, 0.2) is 0 Å². The molecule has 2 heterocycles. The lowest BCUT2D eigenvalue weighted by Crippen LogP contribution is -2.09. The van der Waals surface area contributed by atoms with E-state index < -0.39 is 0 Å². The molecule has 2 aromatic heterocycles. The maximum absolute atomic E-state index is 11.9. The van der Waals surface area contributed by atoms with Crippen LogP contribution in [-0.2, 0) is 11.3 Å². The Labute approximate surface area is 118 Å². The number of pyridine rings is 1. The summed E-state index contributed by atoms with van der Waals surface area (Å²) in [6.45, 7) is 8.30. The van der Waals surface area contributed by atoms with E-state index in [1.54, 1.807) is 12.3 Å². The molecule has 0 aliphatic rings. The molecule has 104 valence electrons. The number of rotatable bonds is 5. The second-order valence-electron chi connectivity index (χ2n) is 4.58. The van der Waals surface area contributed by atoms with Gasteiger partial charge in [0.1, 0.15) is 6.61 Å². The van der Waals surface area contributed by atoms with Gasteiger partial charge in [0.2, 0.25) is 0 Å². The fourth-order valence-corrected chi connectivity index (χ4v) is 2.12. The van der Waals surface area contributed by atoms with Crippen molar-refractivity contribution in [3.8, 4) is 0 Å². The molecule has 0 unspecified atom stereocenters. The van der Waals surface area contributed by atoms with Crippen LogP contribution in [0.3, 0.4) is 0 Å². The quantitative estimate of drug-likeness (QED) is 0.620.